The zero-order valence-electron chi connectivity index (χ0n) is 10.6. The summed E-state index contributed by atoms with van der Waals surface area (Å²) < 4.78 is 5.32. The summed E-state index contributed by atoms with van der Waals surface area (Å²) in [4.78, 5) is 14.7. The van der Waals surface area contributed by atoms with Gasteiger partial charge in [0.2, 0.25) is 6.08 Å². The summed E-state index contributed by atoms with van der Waals surface area (Å²) in [7, 11) is 1.62. The molecular weight excluding hydrogens is 250 g/mol. The number of nitrogens with zero attached hydrogens (tertiary/aromatic N) is 1. The van der Waals surface area contributed by atoms with Crippen LogP contribution in [0.1, 0.15) is 36.8 Å². The third-order valence-corrected chi connectivity index (χ3v) is 4.14. The van der Waals surface area contributed by atoms with E-state index < -0.39 is 5.54 Å². The zero-order valence-corrected chi connectivity index (χ0v) is 11.4. The molecule has 1 aromatic carbocycles. The van der Waals surface area contributed by atoms with Crippen LogP contribution in [0.5, 0.6) is 5.75 Å². The average Bonchev–Trinajstić information content (AvgIpc) is 2.82. The lowest BCUT2D eigenvalue weighted by Crippen LogP contribution is -2.19. The van der Waals surface area contributed by atoms with Gasteiger partial charge < -0.3 is 4.74 Å². The number of halogens is 1. The number of carbonyl (C=O) groups excluding carboxylic acids is 1. The van der Waals surface area contributed by atoms with Gasteiger partial charge in [-0.25, -0.2) is 4.79 Å². The van der Waals surface area contributed by atoms with Crippen LogP contribution in [0.15, 0.2) is 17.1 Å². The fraction of sp³-hybridized carbons (Fsp3) is 0.500. The minimum Gasteiger partial charge on any atom is -0.496 e. The molecule has 0 unspecified atom stereocenters. The lowest BCUT2D eigenvalue weighted by Gasteiger charge is -2.24. The summed E-state index contributed by atoms with van der Waals surface area (Å²) in [5, 5.41) is 0.650. The molecule has 1 aliphatic rings. The van der Waals surface area contributed by atoms with Gasteiger partial charge in [0, 0.05) is 10.6 Å². The first-order chi connectivity index (χ1) is 8.63. The first-order valence-electron chi connectivity index (χ1n) is 6.06. The van der Waals surface area contributed by atoms with Crippen molar-refractivity contribution in [1.29, 1.82) is 0 Å². The summed E-state index contributed by atoms with van der Waals surface area (Å²) in [5.74, 6) is 0.741. The molecule has 1 aliphatic carbocycles. The molecule has 96 valence electrons. The maximum atomic E-state index is 10.7. The van der Waals surface area contributed by atoms with Crippen molar-refractivity contribution in [2.45, 2.75) is 38.1 Å². The van der Waals surface area contributed by atoms with Crippen LogP contribution in [0.4, 0.5) is 0 Å². The van der Waals surface area contributed by atoms with E-state index in [0.29, 0.717) is 5.02 Å². The normalized spacial score (nSPS) is 17.3. The minimum absolute atomic E-state index is 0.452. The third-order valence-electron chi connectivity index (χ3n) is 3.74. The van der Waals surface area contributed by atoms with Gasteiger partial charge in [-0.15, -0.1) is 0 Å². The SMILES string of the molecule is COc1cc(C2(N=C=O)CCCC2)cc(Cl)c1C. The van der Waals surface area contributed by atoms with Crippen LogP contribution < -0.4 is 4.74 Å². The van der Waals surface area contributed by atoms with E-state index in [4.69, 9.17) is 16.3 Å². The third kappa shape index (κ3) is 2.16. The molecule has 0 aliphatic heterocycles. The lowest BCUT2D eigenvalue weighted by atomic mass is 9.88. The highest BCUT2D eigenvalue weighted by atomic mass is 35.5. The van der Waals surface area contributed by atoms with Crippen LogP contribution in [0.2, 0.25) is 5.02 Å². The van der Waals surface area contributed by atoms with Crippen molar-refractivity contribution < 1.29 is 9.53 Å². The first kappa shape index (κ1) is 13.1. The van der Waals surface area contributed by atoms with Gasteiger partial charge in [-0.3, -0.25) is 0 Å². The van der Waals surface area contributed by atoms with Crippen molar-refractivity contribution in [1.82, 2.24) is 0 Å². The van der Waals surface area contributed by atoms with Gasteiger partial charge in [0.15, 0.2) is 0 Å². The molecule has 1 aromatic rings. The molecule has 0 atom stereocenters. The van der Waals surface area contributed by atoms with E-state index in [1.165, 1.54) is 0 Å². The number of ether oxygens (including phenoxy) is 1. The second-order valence-corrected chi connectivity index (χ2v) is 5.13. The number of hydrogen-bond donors (Lipinski definition) is 0. The second-order valence-electron chi connectivity index (χ2n) is 4.73. The molecule has 1 saturated carbocycles. The minimum atomic E-state index is -0.452. The Balaban J connectivity index is 2.55. The maximum Gasteiger partial charge on any atom is 0.235 e. The molecule has 1 fully saturated rings. The predicted octanol–water partition coefficient (Wildman–Crippen LogP) is 3.76. The molecule has 0 amide bonds. The number of methoxy groups -OCH3 is 1. The van der Waals surface area contributed by atoms with E-state index in [2.05, 4.69) is 4.99 Å². The molecule has 0 bridgehead atoms. The number of aliphatic imine (C=N–C) groups is 1. The Hall–Kier alpha value is -1.31. The van der Waals surface area contributed by atoms with Gasteiger partial charge in [-0.2, -0.15) is 4.99 Å². The van der Waals surface area contributed by atoms with E-state index in [-0.39, 0.29) is 0 Å². The van der Waals surface area contributed by atoms with Crippen LogP contribution >= 0.6 is 11.6 Å². The van der Waals surface area contributed by atoms with Gasteiger partial charge >= 0.3 is 0 Å². The quantitative estimate of drug-likeness (QED) is 0.616. The molecule has 4 heteroatoms. The lowest BCUT2D eigenvalue weighted by molar-refractivity contribution is 0.405. The van der Waals surface area contributed by atoms with Gasteiger partial charge in [-0.1, -0.05) is 24.4 Å². The summed E-state index contributed by atoms with van der Waals surface area (Å²) in [6.07, 6.45) is 5.58. The van der Waals surface area contributed by atoms with Crippen LogP contribution in [-0.2, 0) is 10.3 Å². The molecule has 0 aromatic heterocycles. The van der Waals surface area contributed by atoms with E-state index in [0.717, 1.165) is 42.6 Å². The molecule has 0 heterocycles. The second kappa shape index (κ2) is 5.13. The standard InChI is InChI=1S/C14H16ClNO2/c1-10-12(15)7-11(8-13(10)18-2)14(16-9-17)5-3-4-6-14/h7-8H,3-6H2,1-2H3. The summed E-state index contributed by atoms with van der Waals surface area (Å²) in [5.41, 5.74) is 1.41. The molecule has 2 rings (SSSR count). The Morgan fingerprint density at radius 3 is 2.61 bits per heavy atom. The fourth-order valence-electron chi connectivity index (χ4n) is 2.65. The van der Waals surface area contributed by atoms with Gasteiger partial charge in [-0.05, 0) is 37.5 Å². The number of isocyanates is 1. The topological polar surface area (TPSA) is 38.7 Å². The zero-order chi connectivity index (χ0) is 13.2. The van der Waals surface area contributed by atoms with E-state index in [1.54, 1.807) is 13.2 Å². The number of rotatable bonds is 3. The predicted molar refractivity (Wildman–Crippen MR) is 71.0 cm³/mol. The van der Waals surface area contributed by atoms with Crippen molar-refractivity contribution in [2.24, 2.45) is 4.99 Å². The Morgan fingerprint density at radius 2 is 2.06 bits per heavy atom. The maximum absolute atomic E-state index is 10.7. The molecule has 0 N–H and O–H groups in total. The van der Waals surface area contributed by atoms with Gasteiger partial charge in [0.1, 0.15) is 5.75 Å². The van der Waals surface area contributed by atoms with E-state index in [1.807, 2.05) is 19.1 Å². The summed E-state index contributed by atoms with van der Waals surface area (Å²) >= 11 is 6.22. The van der Waals surface area contributed by atoms with Crippen LogP contribution in [0.25, 0.3) is 0 Å². The van der Waals surface area contributed by atoms with Gasteiger partial charge in [0.05, 0.1) is 12.6 Å². The molecule has 0 radical (unpaired) electrons. The highest BCUT2D eigenvalue weighted by molar-refractivity contribution is 6.31. The molecule has 3 nitrogen and oxygen atoms in total. The molecular formula is C14H16ClNO2. The highest BCUT2D eigenvalue weighted by Crippen LogP contribution is 2.44. The number of benzene rings is 1. The van der Waals surface area contributed by atoms with Gasteiger partial charge in [0.25, 0.3) is 0 Å². The van der Waals surface area contributed by atoms with Crippen LogP contribution in [-0.4, -0.2) is 13.2 Å². The van der Waals surface area contributed by atoms with E-state index >= 15 is 0 Å². The molecule has 18 heavy (non-hydrogen) atoms. The van der Waals surface area contributed by atoms with E-state index in [9.17, 15) is 4.79 Å². The molecule has 0 saturated heterocycles. The highest BCUT2D eigenvalue weighted by Gasteiger charge is 2.36. The van der Waals surface area contributed by atoms with Crippen molar-refractivity contribution in [2.75, 3.05) is 7.11 Å². The summed E-state index contributed by atoms with van der Waals surface area (Å²) in [6.45, 7) is 1.91. The van der Waals surface area contributed by atoms with Crippen molar-refractivity contribution >= 4 is 17.7 Å². The smallest absolute Gasteiger partial charge is 0.235 e. The Labute approximate surface area is 112 Å². The number of hydrogen-bond acceptors (Lipinski definition) is 3. The molecule has 0 spiro atoms. The first-order valence-corrected chi connectivity index (χ1v) is 6.44. The van der Waals surface area contributed by atoms with Crippen molar-refractivity contribution in [3.05, 3.63) is 28.3 Å². The fourth-order valence-corrected chi connectivity index (χ4v) is 2.86. The largest absolute Gasteiger partial charge is 0.496 e. The Kier molecular flexibility index (Phi) is 3.74. The Bertz CT molecular complexity index is 501. The average molecular weight is 266 g/mol. The Morgan fingerprint density at radius 1 is 1.39 bits per heavy atom. The monoisotopic (exact) mass is 265 g/mol. The van der Waals surface area contributed by atoms with Crippen LogP contribution in [0, 0.1) is 6.92 Å². The van der Waals surface area contributed by atoms with Crippen molar-refractivity contribution in [3.63, 3.8) is 0 Å². The van der Waals surface area contributed by atoms with Crippen molar-refractivity contribution in [3.8, 4) is 5.75 Å². The van der Waals surface area contributed by atoms with Crippen LogP contribution in [0.3, 0.4) is 0 Å². The summed E-state index contributed by atoms with van der Waals surface area (Å²) in [6, 6.07) is 3.83.